The molecule has 0 unspecified atom stereocenters. The Hall–Kier alpha value is -2.74. The van der Waals surface area contributed by atoms with Gasteiger partial charge in [0.2, 0.25) is 12.3 Å². The molecule has 2 aromatic heterocycles. The minimum atomic E-state index is -0.385. The predicted molar refractivity (Wildman–Crippen MR) is 78.0 cm³/mol. The van der Waals surface area contributed by atoms with Crippen LogP contribution >= 0.6 is 11.3 Å². The van der Waals surface area contributed by atoms with Gasteiger partial charge in [0.25, 0.3) is 0 Å². The van der Waals surface area contributed by atoms with Gasteiger partial charge in [-0.3, -0.25) is 10.1 Å². The summed E-state index contributed by atoms with van der Waals surface area (Å²) in [6.07, 6.45) is 1.28. The van der Waals surface area contributed by atoms with Gasteiger partial charge >= 0.3 is 5.00 Å². The first-order valence-corrected chi connectivity index (χ1v) is 6.87. The van der Waals surface area contributed by atoms with Crippen molar-refractivity contribution in [2.45, 2.75) is 6.54 Å². The summed E-state index contributed by atoms with van der Waals surface area (Å²) in [5.74, 6) is 0.449. The second-order valence-electron chi connectivity index (χ2n) is 4.18. The number of nitrogens with zero attached hydrogens (tertiary/aromatic N) is 3. The van der Waals surface area contributed by atoms with Gasteiger partial charge in [0, 0.05) is 28.7 Å². The molecular weight excluding hydrogens is 292 g/mol. The van der Waals surface area contributed by atoms with Gasteiger partial charge in [-0.15, -0.1) is 10.2 Å². The van der Waals surface area contributed by atoms with Crippen LogP contribution in [0.3, 0.4) is 0 Å². The average Bonchev–Trinajstić information content (AvgIpc) is 3.17. The zero-order valence-corrected chi connectivity index (χ0v) is 11.5. The summed E-state index contributed by atoms with van der Waals surface area (Å²) in [5.41, 5.74) is 1.69. The number of anilines is 1. The maximum Gasteiger partial charge on any atom is 0.324 e. The van der Waals surface area contributed by atoms with E-state index in [1.165, 1.54) is 12.5 Å². The van der Waals surface area contributed by atoms with Crippen LogP contribution < -0.4 is 5.32 Å². The molecule has 21 heavy (non-hydrogen) atoms. The Morgan fingerprint density at radius 3 is 2.95 bits per heavy atom. The van der Waals surface area contributed by atoms with Crippen LogP contribution in [-0.2, 0) is 6.54 Å². The molecule has 0 aliphatic rings. The molecule has 1 aromatic carbocycles. The van der Waals surface area contributed by atoms with Crippen molar-refractivity contribution in [3.05, 3.63) is 57.8 Å². The summed E-state index contributed by atoms with van der Waals surface area (Å²) in [6.45, 7) is 0.520. The predicted octanol–water partition coefficient (Wildman–Crippen LogP) is 3.32. The van der Waals surface area contributed by atoms with Crippen molar-refractivity contribution in [2.24, 2.45) is 0 Å². The molecule has 1 N–H and O–H groups in total. The van der Waals surface area contributed by atoms with Crippen molar-refractivity contribution in [1.82, 2.24) is 10.2 Å². The second-order valence-corrected chi connectivity index (χ2v) is 5.32. The maximum atomic E-state index is 10.6. The Labute approximate surface area is 123 Å². The molecule has 0 spiro atoms. The number of hydrogen-bond acceptors (Lipinski definition) is 7. The van der Waals surface area contributed by atoms with Gasteiger partial charge < -0.3 is 9.73 Å². The fraction of sp³-hybridized carbons (Fsp3) is 0.0769. The lowest BCUT2D eigenvalue weighted by Crippen LogP contribution is -1.97. The van der Waals surface area contributed by atoms with Gasteiger partial charge in [-0.05, 0) is 24.3 Å². The summed E-state index contributed by atoms with van der Waals surface area (Å²) in [7, 11) is 0. The molecule has 0 radical (unpaired) electrons. The van der Waals surface area contributed by atoms with Crippen LogP contribution in [0.1, 0.15) is 4.88 Å². The zero-order chi connectivity index (χ0) is 14.7. The Morgan fingerprint density at radius 1 is 1.33 bits per heavy atom. The molecular formula is C13H10N4O3S. The third-order valence-electron chi connectivity index (χ3n) is 2.76. The lowest BCUT2D eigenvalue weighted by molar-refractivity contribution is -0.380. The van der Waals surface area contributed by atoms with Gasteiger partial charge in [-0.2, -0.15) is 0 Å². The quantitative estimate of drug-likeness (QED) is 0.574. The van der Waals surface area contributed by atoms with Gasteiger partial charge in [-0.25, -0.2) is 0 Å². The number of aromatic nitrogens is 2. The molecule has 7 nitrogen and oxygen atoms in total. The summed E-state index contributed by atoms with van der Waals surface area (Å²) in [5, 5.41) is 21.5. The first-order valence-electron chi connectivity index (χ1n) is 6.06. The summed E-state index contributed by atoms with van der Waals surface area (Å²) < 4.78 is 5.14. The highest BCUT2D eigenvalue weighted by Crippen LogP contribution is 2.25. The van der Waals surface area contributed by atoms with E-state index in [0.29, 0.717) is 12.4 Å². The fourth-order valence-corrected chi connectivity index (χ4v) is 2.57. The van der Waals surface area contributed by atoms with Crippen LogP contribution in [-0.4, -0.2) is 15.1 Å². The van der Waals surface area contributed by atoms with Crippen molar-refractivity contribution >= 4 is 22.0 Å². The molecule has 0 bridgehead atoms. The summed E-state index contributed by atoms with van der Waals surface area (Å²) in [4.78, 5) is 11.1. The van der Waals surface area contributed by atoms with Crippen LogP contribution in [0.25, 0.3) is 11.5 Å². The van der Waals surface area contributed by atoms with Crippen molar-refractivity contribution in [2.75, 3.05) is 5.32 Å². The number of nitro groups is 1. The van der Waals surface area contributed by atoms with Gasteiger partial charge in [-0.1, -0.05) is 17.4 Å². The van der Waals surface area contributed by atoms with E-state index in [1.807, 2.05) is 24.3 Å². The van der Waals surface area contributed by atoms with E-state index in [-0.39, 0.29) is 9.92 Å². The molecule has 0 fully saturated rings. The number of benzene rings is 1. The van der Waals surface area contributed by atoms with Crippen molar-refractivity contribution in [3.8, 4) is 11.5 Å². The molecule has 0 amide bonds. The van der Waals surface area contributed by atoms with Gasteiger partial charge in [0.1, 0.15) is 0 Å². The molecule has 2 heterocycles. The highest BCUT2D eigenvalue weighted by Gasteiger charge is 2.09. The number of thiophene rings is 1. The van der Waals surface area contributed by atoms with E-state index in [2.05, 4.69) is 15.5 Å². The normalized spacial score (nSPS) is 10.5. The standard InChI is InChI=1S/C13H10N4O3S/c18-17(19)12-5-4-11(21-12)7-14-10-3-1-2-9(6-10)13-16-15-8-20-13/h1-6,8,14H,7H2. The molecule has 8 heteroatoms. The van der Waals surface area contributed by atoms with E-state index in [9.17, 15) is 10.1 Å². The minimum Gasteiger partial charge on any atom is -0.423 e. The Kier molecular flexibility index (Phi) is 3.61. The van der Waals surface area contributed by atoms with Gasteiger partial charge in [0.05, 0.1) is 4.92 Å². The third-order valence-corrected chi connectivity index (χ3v) is 3.80. The van der Waals surface area contributed by atoms with Crippen LogP contribution in [0, 0.1) is 10.1 Å². The third kappa shape index (κ3) is 3.06. The number of rotatable bonds is 5. The molecule has 0 aliphatic carbocycles. The van der Waals surface area contributed by atoms with E-state index in [0.717, 1.165) is 27.5 Å². The van der Waals surface area contributed by atoms with Crippen molar-refractivity contribution < 1.29 is 9.34 Å². The van der Waals surface area contributed by atoms with Crippen molar-refractivity contribution in [1.29, 1.82) is 0 Å². The maximum absolute atomic E-state index is 10.6. The molecule has 0 saturated carbocycles. The SMILES string of the molecule is O=[N+]([O-])c1ccc(CNc2cccc(-c3nnco3)c2)s1. The Bertz CT molecular complexity index is 754. The van der Waals surface area contributed by atoms with E-state index >= 15 is 0 Å². The van der Waals surface area contributed by atoms with Gasteiger partial charge in [0.15, 0.2) is 0 Å². The molecule has 0 atom stereocenters. The average molecular weight is 302 g/mol. The first kappa shape index (κ1) is 13.3. The highest BCUT2D eigenvalue weighted by molar-refractivity contribution is 7.15. The minimum absolute atomic E-state index is 0.145. The number of hydrogen-bond donors (Lipinski definition) is 1. The Morgan fingerprint density at radius 2 is 2.24 bits per heavy atom. The highest BCUT2D eigenvalue weighted by atomic mass is 32.1. The topological polar surface area (TPSA) is 94.1 Å². The fourth-order valence-electron chi connectivity index (χ4n) is 1.81. The van der Waals surface area contributed by atoms with E-state index in [1.54, 1.807) is 6.07 Å². The lowest BCUT2D eigenvalue weighted by Gasteiger charge is -2.05. The molecule has 3 rings (SSSR count). The van der Waals surface area contributed by atoms with Crippen molar-refractivity contribution in [3.63, 3.8) is 0 Å². The monoisotopic (exact) mass is 302 g/mol. The largest absolute Gasteiger partial charge is 0.423 e. The first-order chi connectivity index (χ1) is 10.2. The van der Waals surface area contributed by atoms with Crippen LogP contribution in [0.5, 0.6) is 0 Å². The number of nitrogens with one attached hydrogen (secondary N) is 1. The lowest BCUT2D eigenvalue weighted by atomic mass is 10.2. The van der Waals surface area contributed by atoms with E-state index in [4.69, 9.17) is 4.42 Å². The molecule has 3 aromatic rings. The zero-order valence-electron chi connectivity index (χ0n) is 10.7. The van der Waals surface area contributed by atoms with Crippen LogP contribution in [0.15, 0.2) is 47.2 Å². The Balaban J connectivity index is 1.70. The van der Waals surface area contributed by atoms with Crippen LogP contribution in [0.4, 0.5) is 10.7 Å². The van der Waals surface area contributed by atoms with Crippen LogP contribution in [0.2, 0.25) is 0 Å². The molecule has 0 aliphatic heterocycles. The summed E-state index contributed by atoms with van der Waals surface area (Å²) >= 11 is 1.16. The summed E-state index contributed by atoms with van der Waals surface area (Å²) in [6, 6.07) is 10.8. The smallest absolute Gasteiger partial charge is 0.324 e. The molecule has 0 saturated heterocycles. The second kappa shape index (κ2) is 5.71. The molecule has 106 valence electrons. The van der Waals surface area contributed by atoms with E-state index < -0.39 is 0 Å².